The second-order valence-electron chi connectivity index (χ2n) is 12.7. The van der Waals surface area contributed by atoms with Crippen molar-refractivity contribution in [1.82, 2.24) is 30.4 Å². The van der Waals surface area contributed by atoms with Crippen molar-refractivity contribution in [2.75, 3.05) is 24.7 Å². The highest BCUT2D eigenvalue weighted by Gasteiger charge is 2.59. The molecule has 0 amide bonds. The molecule has 0 spiro atoms. The number of anilines is 2. The summed E-state index contributed by atoms with van der Waals surface area (Å²) in [6, 6.07) is 3.15. The summed E-state index contributed by atoms with van der Waals surface area (Å²) in [6.07, 6.45) is -7.10. The zero-order valence-electron chi connectivity index (χ0n) is 28.3. The van der Waals surface area contributed by atoms with Crippen molar-refractivity contribution in [3.05, 3.63) is 35.0 Å². The lowest BCUT2D eigenvalue weighted by atomic mass is 9.95. The van der Waals surface area contributed by atoms with Crippen molar-refractivity contribution in [2.24, 2.45) is 0 Å². The minimum atomic E-state index is -4.95. The molecule has 0 fully saturated rings. The minimum absolute atomic E-state index is 0.0194. The van der Waals surface area contributed by atoms with Gasteiger partial charge in [-0.05, 0) is 64.5 Å². The summed E-state index contributed by atoms with van der Waals surface area (Å²) in [5.74, 6) is -1.83. The fourth-order valence-corrected chi connectivity index (χ4v) is 5.59. The van der Waals surface area contributed by atoms with Gasteiger partial charge < -0.3 is 40.0 Å². The number of aliphatic hydroxyl groups is 2. The Morgan fingerprint density at radius 2 is 0.962 bits per heavy atom. The molecule has 14 nitrogen and oxygen atoms in total. The van der Waals surface area contributed by atoms with E-state index in [9.17, 15) is 36.6 Å². The number of nitrogens with two attached hydrogens (primary N) is 2. The molecule has 0 aliphatic carbocycles. The molecule has 284 valence electrons. The molecule has 6 N–H and O–H groups in total. The van der Waals surface area contributed by atoms with Gasteiger partial charge in [0.05, 0.1) is 24.6 Å². The molecular weight excluding hydrogens is 706 g/mol. The highest BCUT2D eigenvalue weighted by atomic mass is 19.4. The van der Waals surface area contributed by atoms with Gasteiger partial charge in [0.1, 0.15) is 0 Å². The zero-order valence-corrected chi connectivity index (χ0v) is 28.3. The number of halogens is 6. The third-order valence-electron chi connectivity index (χ3n) is 8.64. The first kappa shape index (κ1) is 38.5. The van der Waals surface area contributed by atoms with Crippen LogP contribution in [0.3, 0.4) is 0 Å². The van der Waals surface area contributed by atoms with Crippen molar-refractivity contribution in [1.29, 1.82) is 0 Å². The summed E-state index contributed by atoms with van der Waals surface area (Å²) in [5, 5.41) is 34.6. The van der Waals surface area contributed by atoms with E-state index in [0.717, 1.165) is 0 Å². The number of nitrogens with zero attached hydrogens (tertiary/aromatic N) is 6. The van der Waals surface area contributed by atoms with Crippen LogP contribution in [-0.4, -0.2) is 66.1 Å². The molecule has 52 heavy (non-hydrogen) atoms. The van der Waals surface area contributed by atoms with E-state index in [0.29, 0.717) is 74.6 Å². The van der Waals surface area contributed by atoms with Gasteiger partial charge in [0.2, 0.25) is 23.0 Å². The van der Waals surface area contributed by atoms with Crippen LogP contribution >= 0.6 is 0 Å². The third kappa shape index (κ3) is 8.01. The largest absolute Gasteiger partial charge is 0.477 e. The summed E-state index contributed by atoms with van der Waals surface area (Å²) in [5.41, 5.74) is 7.10. The Morgan fingerprint density at radius 3 is 1.33 bits per heavy atom. The van der Waals surface area contributed by atoms with E-state index in [1.165, 1.54) is 0 Å². The Bertz CT molecular complexity index is 1720. The maximum Gasteiger partial charge on any atom is 0.426 e. The first-order valence-corrected chi connectivity index (χ1v) is 16.5. The lowest BCUT2D eigenvalue weighted by molar-refractivity contribution is -0.277. The van der Waals surface area contributed by atoms with Crippen LogP contribution < -0.4 is 20.9 Å². The maximum atomic E-state index is 13.5. The smallest absolute Gasteiger partial charge is 0.426 e. The van der Waals surface area contributed by atoms with E-state index in [1.807, 2.05) is 0 Å². The average molecular weight is 745 g/mol. The fourth-order valence-electron chi connectivity index (χ4n) is 5.59. The van der Waals surface area contributed by atoms with Gasteiger partial charge in [0.25, 0.3) is 23.6 Å². The number of rotatable bonds is 0. The van der Waals surface area contributed by atoms with Crippen LogP contribution in [0.2, 0.25) is 0 Å². The Hall–Kier alpha value is -4.72. The van der Waals surface area contributed by atoms with E-state index < -0.39 is 48.2 Å². The second kappa shape index (κ2) is 15.1. The minimum Gasteiger partial charge on any atom is -0.477 e. The number of nitrogen functional groups attached to an aromatic ring is 2. The SMILES string of the molecule is Cc1cc(N)c2nc1OCCCCCCC(O)(C(F)(F)F)c1nnc-2o1.Cc1cc(N)c2nc1OCCCCCC[C@@](O)(C(F)(F)F)c1nnc-2o1. The maximum absolute atomic E-state index is 13.5. The van der Waals surface area contributed by atoms with Crippen LogP contribution in [0.4, 0.5) is 37.7 Å². The van der Waals surface area contributed by atoms with Gasteiger partial charge >= 0.3 is 12.4 Å². The predicted octanol–water partition coefficient (Wildman–Crippen LogP) is 6.23. The van der Waals surface area contributed by atoms with E-state index >= 15 is 0 Å². The number of hydrogen-bond donors (Lipinski definition) is 4. The molecule has 20 heteroatoms. The molecule has 2 aliphatic heterocycles. The molecule has 8 bridgehead atoms. The van der Waals surface area contributed by atoms with Crippen molar-refractivity contribution in [3.63, 3.8) is 0 Å². The average Bonchev–Trinajstić information content (AvgIpc) is 3.75. The Kier molecular flexibility index (Phi) is 11.2. The normalized spacial score (nSPS) is 21.7. The van der Waals surface area contributed by atoms with Crippen molar-refractivity contribution in [2.45, 2.75) is 102 Å². The topological polar surface area (TPSA) is 215 Å². The number of hydrogen-bond acceptors (Lipinski definition) is 14. The number of pyridine rings is 2. The highest BCUT2D eigenvalue weighted by Crippen LogP contribution is 2.45. The van der Waals surface area contributed by atoms with Gasteiger partial charge in [-0.15, -0.1) is 20.4 Å². The monoisotopic (exact) mass is 744 g/mol. The van der Waals surface area contributed by atoms with Gasteiger partial charge in [-0.2, -0.15) is 26.3 Å². The molecule has 4 aromatic heterocycles. The lowest BCUT2D eigenvalue weighted by Gasteiger charge is -2.26. The van der Waals surface area contributed by atoms with Gasteiger partial charge in [-0.1, -0.05) is 25.7 Å². The summed E-state index contributed by atoms with van der Waals surface area (Å²) < 4.78 is 102. The van der Waals surface area contributed by atoms with E-state index in [4.69, 9.17) is 29.8 Å². The number of aryl methyl sites for hydroxylation is 2. The van der Waals surface area contributed by atoms with E-state index in [1.54, 1.807) is 26.0 Å². The molecule has 6 rings (SSSR count). The molecule has 1 unspecified atom stereocenters. The lowest BCUT2D eigenvalue weighted by Crippen LogP contribution is -2.42. The molecule has 0 saturated heterocycles. The molecule has 0 aromatic carbocycles. The van der Waals surface area contributed by atoms with Gasteiger partial charge in [-0.25, -0.2) is 9.97 Å². The first-order valence-electron chi connectivity index (χ1n) is 16.5. The van der Waals surface area contributed by atoms with Crippen molar-refractivity contribution in [3.8, 4) is 34.9 Å². The number of alkyl halides is 6. The first-order chi connectivity index (χ1) is 24.4. The standard InChI is InChI=1S/2C16H19F3N4O3/c2*1-9-8-10(20)11-13-22-23-14(26-13)15(24,16(17,18)19)6-4-2-3-5-7-25-12(9)21-11/h2*8,24H,2-7,20H2,1H3/t15-;/m0./s1. The second-order valence-corrected chi connectivity index (χ2v) is 12.7. The van der Waals surface area contributed by atoms with Crippen LogP contribution in [0, 0.1) is 13.8 Å². The summed E-state index contributed by atoms with van der Waals surface area (Å²) >= 11 is 0. The molecule has 2 atom stereocenters. The fraction of sp³-hybridized carbons (Fsp3) is 0.562. The van der Waals surface area contributed by atoms with E-state index in [2.05, 4.69) is 30.4 Å². The van der Waals surface area contributed by atoms with Crippen LogP contribution in [0.5, 0.6) is 11.8 Å². The Labute approximate surface area is 292 Å². The summed E-state index contributed by atoms with van der Waals surface area (Å²) in [6.45, 7) is 4.26. The van der Waals surface area contributed by atoms with Crippen molar-refractivity contribution < 1.29 is 54.9 Å². The van der Waals surface area contributed by atoms with Crippen LogP contribution in [-0.2, 0) is 11.2 Å². The Balaban J connectivity index is 0.000000201. The van der Waals surface area contributed by atoms with Crippen molar-refractivity contribution >= 4 is 11.4 Å². The van der Waals surface area contributed by atoms with Crippen LogP contribution in [0.25, 0.3) is 23.2 Å². The van der Waals surface area contributed by atoms with Gasteiger partial charge in [0, 0.05) is 11.1 Å². The Morgan fingerprint density at radius 1 is 0.596 bits per heavy atom. The van der Waals surface area contributed by atoms with Gasteiger partial charge in [-0.3, -0.25) is 0 Å². The quantitative estimate of drug-likeness (QED) is 0.147. The summed E-state index contributed by atoms with van der Waals surface area (Å²) in [7, 11) is 0. The molecule has 0 radical (unpaired) electrons. The van der Waals surface area contributed by atoms with Crippen LogP contribution in [0.1, 0.15) is 87.1 Å². The number of ether oxygens (including phenoxy) is 2. The molecule has 0 saturated carbocycles. The summed E-state index contributed by atoms with van der Waals surface area (Å²) in [4.78, 5) is 8.42. The van der Waals surface area contributed by atoms with Gasteiger partial charge in [0.15, 0.2) is 11.4 Å². The van der Waals surface area contributed by atoms with Crippen LogP contribution in [0.15, 0.2) is 21.0 Å². The molecular formula is C32H38F6N8O6. The van der Waals surface area contributed by atoms with E-state index in [-0.39, 0.29) is 47.4 Å². The highest BCUT2D eigenvalue weighted by molar-refractivity contribution is 5.68. The number of aromatic nitrogens is 6. The predicted molar refractivity (Wildman–Crippen MR) is 170 cm³/mol. The molecule has 4 aromatic rings. The third-order valence-corrected chi connectivity index (χ3v) is 8.64. The molecule has 6 heterocycles. The zero-order chi connectivity index (χ0) is 37.9. The number of fused-ring (bicyclic) bond motifs is 10. The molecule has 2 aliphatic rings.